The van der Waals surface area contributed by atoms with Gasteiger partial charge in [0.2, 0.25) is 17.7 Å². The number of amides is 3. The zero-order valence-corrected chi connectivity index (χ0v) is 26.9. The highest BCUT2D eigenvalue weighted by Gasteiger charge is 2.75. The summed E-state index contributed by atoms with van der Waals surface area (Å²) in [5.41, 5.74) is -0.432. The second-order valence-corrected chi connectivity index (χ2v) is 12.7. The van der Waals surface area contributed by atoms with Gasteiger partial charge in [-0.05, 0) is 37.2 Å². The van der Waals surface area contributed by atoms with Crippen molar-refractivity contribution in [2.75, 3.05) is 26.3 Å². The number of carbonyl (C=O) groups is 4. The molecule has 1 aromatic carbocycles. The molecule has 3 amide bonds. The molecule has 0 aliphatic carbocycles. The Kier molecular flexibility index (Phi) is 11.6. The summed E-state index contributed by atoms with van der Waals surface area (Å²) in [6.45, 7) is 13.8. The van der Waals surface area contributed by atoms with Crippen molar-refractivity contribution in [1.82, 2.24) is 15.1 Å². The maximum Gasteiger partial charge on any atom is 0.306 e. The predicted molar refractivity (Wildman–Crippen MR) is 170 cm³/mol. The highest BCUT2D eigenvalue weighted by Crippen LogP contribution is 2.59. The molecule has 45 heavy (non-hydrogen) atoms. The van der Waals surface area contributed by atoms with Crippen LogP contribution in [-0.2, 0) is 28.7 Å². The van der Waals surface area contributed by atoms with Crippen LogP contribution in [-0.4, -0.2) is 88.7 Å². The lowest BCUT2D eigenvalue weighted by atomic mass is 9.70. The Morgan fingerprint density at radius 1 is 1.22 bits per heavy atom. The van der Waals surface area contributed by atoms with Crippen molar-refractivity contribution in [3.8, 4) is 0 Å². The van der Waals surface area contributed by atoms with Crippen LogP contribution in [0.1, 0.15) is 70.9 Å². The number of fused-ring (bicyclic) bond motifs is 1. The van der Waals surface area contributed by atoms with Gasteiger partial charge >= 0.3 is 5.97 Å². The van der Waals surface area contributed by atoms with Gasteiger partial charge in [-0.25, -0.2) is 0 Å². The molecule has 10 nitrogen and oxygen atoms in total. The molecule has 10 heteroatoms. The lowest BCUT2D eigenvalue weighted by Crippen LogP contribution is -2.59. The molecule has 3 aliphatic heterocycles. The molecular formula is C35H49N3O7. The standard InChI is InChI=1S/C35H49N3O7/c1-6-9-16-28(40)44-22-25(24-14-12-11-13-15-24)36-32(41)29-27-17-18-35(45-27)30(29)33(42)38(26(21-39)23(4)5)31(35)34(43)37(19-8-3)20-10-7-2/h6,8,11-15,23,25-27,29-31,39H,1,3,7,9-10,16-22H2,2,4-5H3,(H,36,41)/t25-,26+,27+,29-,30-,31+,35-/m1/s1. The van der Waals surface area contributed by atoms with Gasteiger partial charge in [0, 0.05) is 19.5 Å². The first-order valence-corrected chi connectivity index (χ1v) is 16.3. The fraction of sp³-hybridized carbons (Fsp3) is 0.600. The lowest BCUT2D eigenvalue weighted by Gasteiger charge is -2.40. The van der Waals surface area contributed by atoms with E-state index in [0.29, 0.717) is 32.4 Å². The Bertz CT molecular complexity index is 1240. The molecule has 246 valence electrons. The zero-order valence-electron chi connectivity index (χ0n) is 26.9. The Hall–Kier alpha value is -3.50. The average Bonchev–Trinajstić information content (AvgIpc) is 3.68. The Balaban J connectivity index is 1.67. The van der Waals surface area contributed by atoms with Crippen molar-refractivity contribution in [1.29, 1.82) is 0 Å². The predicted octanol–water partition coefficient (Wildman–Crippen LogP) is 3.56. The Morgan fingerprint density at radius 2 is 1.96 bits per heavy atom. The van der Waals surface area contributed by atoms with Crippen molar-refractivity contribution in [2.24, 2.45) is 17.8 Å². The van der Waals surface area contributed by atoms with E-state index in [1.165, 1.54) is 4.90 Å². The minimum atomic E-state index is -1.19. The summed E-state index contributed by atoms with van der Waals surface area (Å²) < 4.78 is 12.1. The molecule has 4 rings (SSSR count). The van der Waals surface area contributed by atoms with Crippen molar-refractivity contribution in [2.45, 2.75) is 89.1 Å². The van der Waals surface area contributed by atoms with E-state index in [2.05, 4.69) is 18.5 Å². The van der Waals surface area contributed by atoms with Crippen molar-refractivity contribution in [3.05, 3.63) is 61.2 Å². The number of nitrogens with one attached hydrogen (secondary N) is 1. The van der Waals surface area contributed by atoms with Crippen LogP contribution in [0.25, 0.3) is 0 Å². The molecule has 0 saturated carbocycles. The number of hydrogen-bond donors (Lipinski definition) is 2. The fourth-order valence-corrected chi connectivity index (χ4v) is 7.26. The van der Waals surface area contributed by atoms with Crippen LogP contribution < -0.4 is 5.32 Å². The number of allylic oxidation sites excluding steroid dienone is 1. The topological polar surface area (TPSA) is 125 Å². The number of aliphatic hydroxyl groups excluding tert-OH is 1. The van der Waals surface area contributed by atoms with Gasteiger partial charge < -0.3 is 29.7 Å². The SMILES string of the molecule is C=CCCC(=O)OC[C@@H](NC(=O)[C@@H]1[C@@H]2CC[C@]3(O2)[C@H](C(=O)N(CC=C)CCCC)N([C@@H](CO)C(C)C)C(=O)[C@@H]13)c1ccccc1. The third-order valence-electron chi connectivity index (χ3n) is 9.51. The number of hydrogen-bond acceptors (Lipinski definition) is 7. The van der Waals surface area contributed by atoms with Crippen LogP contribution in [0.2, 0.25) is 0 Å². The van der Waals surface area contributed by atoms with E-state index in [4.69, 9.17) is 9.47 Å². The average molecular weight is 624 g/mol. The van der Waals surface area contributed by atoms with E-state index in [9.17, 15) is 24.3 Å². The molecule has 0 radical (unpaired) electrons. The second kappa shape index (κ2) is 15.2. The number of benzene rings is 1. The van der Waals surface area contributed by atoms with Crippen molar-refractivity contribution < 1.29 is 33.8 Å². The fourth-order valence-electron chi connectivity index (χ4n) is 7.26. The van der Waals surface area contributed by atoms with Crippen molar-refractivity contribution in [3.63, 3.8) is 0 Å². The van der Waals surface area contributed by atoms with Crippen LogP contribution in [0.4, 0.5) is 0 Å². The Morgan fingerprint density at radius 3 is 2.58 bits per heavy atom. The molecule has 3 heterocycles. The second-order valence-electron chi connectivity index (χ2n) is 12.7. The minimum Gasteiger partial charge on any atom is -0.463 e. The summed E-state index contributed by atoms with van der Waals surface area (Å²) in [4.78, 5) is 58.6. The van der Waals surface area contributed by atoms with Gasteiger partial charge in [-0.15, -0.1) is 13.2 Å². The van der Waals surface area contributed by atoms with E-state index < -0.39 is 47.6 Å². The van der Waals surface area contributed by atoms with Gasteiger partial charge in [-0.2, -0.15) is 0 Å². The number of likely N-dealkylation sites (tertiary alicyclic amines) is 1. The van der Waals surface area contributed by atoms with Gasteiger partial charge in [0.15, 0.2) is 0 Å². The monoisotopic (exact) mass is 623 g/mol. The van der Waals surface area contributed by atoms with E-state index >= 15 is 0 Å². The zero-order chi connectivity index (χ0) is 32.7. The number of ether oxygens (including phenoxy) is 2. The molecular weight excluding hydrogens is 574 g/mol. The summed E-state index contributed by atoms with van der Waals surface area (Å²) in [6, 6.07) is 6.99. The van der Waals surface area contributed by atoms with Gasteiger partial charge in [0.1, 0.15) is 18.2 Å². The molecule has 3 fully saturated rings. The van der Waals surface area contributed by atoms with E-state index in [0.717, 1.165) is 18.4 Å². The molecule has 3 saturated heterocycles. The minimum absolute atomic E-state index is 0.0746. The van der Waals surface area contributed by atoms with Gasteiger partial charge in [-0.1, -0.05) is 69.7 Å². The third kappa shape index (κ3) is 6.87. The van der Waals surface area contributed by atoms with E-state index in [1.54, 1.807) is 17.1 Å². The van der Waals surface area contributed by atoms with Crippen molar-refractivity contribution >= 4 is 23.7 Å². The number of carbonyl (C=O) groups excluding carboxylic acids is 4. The largest absolute Gasteiger partial charge is 0.463 e. The maximum atomic E-state index is 14.5. The number of rotatable bonds is 17. The third-order valence-corrected chi connectivity index (χ3v) is 9.51. The summed E-state index contributed by atoms with van der Waals surface area (Å²) in [7, 11) is 0. The molecule has 1 spiro atoms. The molecule has 0 aromatic heterocycles. The summed E-state index contributed by atoms with van der Waals surface area (Å²) >= 11 is 0. The Labute approximate surface area is 266 Å². The van der Waals surface area contributed by atoms with Crippen LogP contribution in [0.3, 0.4) is 0 Å². The van der Waals surface area contributed by atoms with Gasteiger partial charge in [0.25, 0.3) is 0 Å². The van der Waals surface area contributed by atoms with Crippen LogP contribution in [0.15, 0.2) is 55.6 Å². The van der Waals surface area contributed by atoms with E-state index in [-0.39, 0.29) is 43.3 Å². The molecule has 7 atom stereocenters. The number of nitrogens with zero attached hydrogens (tertiary/aromatic N) is 2. The number of esters is 1. The van der Waals surface area contributed by atoms with Gasteiger partial charge in [-0.3, -0.25) is 19.2 Å². The highest BCUT2D eigenvalue weighted by molar-refractivity contribution is 5.99. The molecule has 2 bridgehead atoms. The van der Waals surface area contributed by atoms with E-state index in [1.807, 2.05) is 51.1 Å². The first-order valence-electron chi connectivity index (χ1n) is 16.3. The molecule has 3 aliphatic rings. The summed E-state index contributed by atoms with van der Waals surface area (Å²) in [5, 5.41) is 13.5. The summed E-state index contributed by atoms with van der Waals surface area (Å²) in [6.07, 6.45) is 6.10. The molecule has 0 unspecified atom stereocenters. The maximum absolute atomic E-state index is 14.5. The number of aliphatic hydroxyl groups is 1. The lowest BCUT2D eigenvalue weighted by molar-refractivity contribution is -0.152. The first-order chi connectivity index (χ1) is 21.6. The van der Waals surface area contributed by atoms with Crippen LogP contribution >= 0.6 is 0 Å². The smallest absolute Gasteiger partial charge is 0.306 e. The molecule has 1 aromatic rings. The normalized spacial score (nSPS) is 26.3. The van der Waals surface area contributed by atoms with Crippen LogP contribution in [0, 0.1) is 17.8 Å². The summed E-state index contributed by atoms with van der Waals surface area (Å²) in [5.74, 6) is -3.24. The quantitative estimate of drug-likeness (QED) is 0.201. The highest BCUT2D eigenvalue weighted by atomic mass is 16.5. The molecule has 2 N–H and O–H groups in total. The van der Waals surface area contributed by atoms with Crippen LogP contribution in [0.5, 0.6) is 0 Å². The van der Waals surface area contributed by atoms with Gasteiger partial charge in [0.05, 0.1) is 36.6 Å². The first kappa shape index (κ1) is 34.4. The number of unbranched alkanes of at least 4 members (excludes halogenated alkanes) is 1.